The number of nitrogens with zero attached hydrogens (tertiary/aromatic N) is 6. The van der Waals surface area contributed by atoms with Crippen molar-refractivity contribution in [1.82, 2.24) is 34.9 Å². The van der Waals surface area contributed by atoms with Crippen molar-refractivity contribution >= 4 is 34.9 Å². The second kappa shape index (κ2) is 12.6. The molecule has 39 heavy (non-hydrogen) atoms. The number of thiazole rings is 1. The summed E-state index contributed by atoms with van der Waals surface area (Å²) in [7, 11) is 3.28. The lowest BCUT2D eigenvalue weighted by Crippen LogP contribution is -2.24. The van der Waals surface area contributed by atoms with Crippen molar-refractivity contribution < 1.29 is 14.7 Å². The van der Waals surface area contributed by atoms with Crippen LogP contribution in [-0.4, -0.2) is 73.3 Å². The van der Waals surface area contributed by atoms with E-state index in [1.807, 2.05) is 41.8 Å². The number of rotatable bonds is 7. The first-order chi connectivity index (χ1) is 18.7. The zero-order chi connectivity index (χ0) is 27.9. The summed E-state index contributed by atoms with van der Waals surface area (Å²) in [6.07, 6.45) is 1.56. The molecule has 3 N–H and O–H groups in total. The number of anilines is 2. The van der Waals surface area contributed by atoms with Gasteiger partial charge in [-0.15, -0.1) is 11.3 Å². The maximum absolute atomic E-state index is 12.0. The largest absolute Gasteiger partial charge is 0.383 e. The van der Waals surface area contributed by atoms with Gasteiger partial charge in [0.2, 0.25) is 5.95 Å². The van der Waals surface area contributed by atoms with Crippen molar-refractivity contribution in [3.05, 3.63) is 59.7 Å². The van der Waals surface area contributed by atoms with Crippen molar-refractivity contribution in [3.63, 3.8) is 0 Å². The van der Waals surface area contributed by atoms with Crippen LogP contribution in [0.5, 0.6) is 0 Å². The predicted molar refractivity (Wildman–Crippen MR) is 151 cm³/mol. The maximum Gasteiger partial charge on any atom is 0.271 e. The Bertz CT molecular complexity index is 1410. The van der Waals surface area contributed by atoms with Crippen LogP contribution in [0.25, 0.3) is 22.0 Å². The fraction of sp³-hybridized carbons (Fsp3) is 0.333. The Morgan fingerprint density at radius 3 is 2.56 bits per heavy atom. The minimum Gasteiger partial charge on any atom is -0.383 e. The number of hydrogen-bond acceptors (Lipinski definition) is 9. The molecule has 0 spiro atoms. The van der Waals surface area contributed by atoms with E-state index in [0.717, 1.165) is 22.0 Å². The highest BCUT2D eigenvalue weighted by atomic mass is 32.1. The highest BCUT2D eigenvalue weighted by molar-refractivity contribution is 7.13. The highest BCUT2D eigenvalue weighted by Gasteiger charge is 2.26. The smallest absolute Gasteiger partial charge is 0.271 e. The number of aromatic nitrogens is 5. The molecular weight excluding hydrogens is 516 g/mol. The molecule has 1 saturated heterocycles. The minimum atomic E-state index is -0.722. The summed E-state index contributed by atoms with van der Waals surface area (Å²) in [5, 5.41) is 21.9. The molecule has 4 heterocycles. The molecule has 1 unspecified atom stereocenters. The molecule has 1 aliphatic heterocycles. The average Bonchev–Trinajstić information content (AvgIpc) is 3.66. The van der Waals surface area contributed by atoms with Gasteiger partial charge in [-0.25, -0.2) is 19.6 Å². The zero-order valence-corrected chi connectivity index (χ0v) is 23.1. The fourth-order valence-corrected chi connectivity index (χ4v) is 4.65. The van der Waals surface area contributed by atoms with Crippen molar-refractivity contribution in [2.24, 2.45) is 5.92 Å². The molecule has 1 atom stereocenters. The van der Waals surface area contributed by atoms with E-state index in [0.29, 0.717) is 42.9 Å². The molecule has 12 heteroatoms. The van der Waals surface area contributed by atoms with Crippen LogP contribution in [0.3, 0.4) is 0 Å². The van der Waals surface area contributed by atoms with Gasteiger partial charge in [0, 0.05) is 50.4 Å². The summed E-state index contributed by atoms with van der Waals surface area (Å²) in [6.45, 7) is 5.54. The van der Waals surface area contributed by atoms with E-state index in [9.17, 15) is 9.59 Å². The molecule has 11 nitrogen and oxygen atoms in total. The van der Waals surface area contributed by atoms with Crippen LogP contribution in [0.1, 0.15) is 30.8 Å². The number of benzene rings is 1. The first-order valence-corrected chi connectivity index (χ1v) is 13.5. The Labute approximate surface area is 231 Å². The molecular formula is C27H32N8O3S. The molecule has 3 aromatic heterocycles. The third kappa shape index (κ3) is 7.03. The molecule has 0 saturated carbocycles. The average molecular weight is 549 g/mol. The van der Waals surface area contributed by atoms with E-state index in [1.165, 1.54) is 4.90 Å². The summed E-state index contributed by atoms with van der Waals surface area (Å²) in [4.78, 5) is 37.8. The fourth-order valence-electron chi connectivity index (χ4n) is 3.83. The zero-order valence-electron chi connectivity index (χ0n) is 22.3. The lowest BCUT2D eigenvalue weighted by Gasteiger charge is -2.10. The van der Waals surface area contributed by atoms with E-state index < -0.39 is 6.10 Å². The first-order valence-electron chi connectivity index (χ1n) is 12.6. The molecule has 1 aromatic carbocycles. The quantitative estimate of drug-likeness (QED) is 0.319. The molecule has 1 aliphatic rings. The number of likely N-dealkylation sites (tertiary alicyclic amines) is 1. The van der Waals surface area contributed by atoms with Gasteiger partial charge in [-0.05, 0) is 18.4 Å². The van der Waals surface area contributed by atoms with Gasteiger partial charge in [0.05, 0.1) is 5.69 Å². The summed E-state index contributed by atoms with van der Waals surface area (Å²) < 4.78 is 1.77. The van der Waals surface area contributed by atoms with E-state index in [1.54, 1.807) is 42.4 Å². The van der Waals surface area contributed by atoms with Crippen LogP contribution in [0.15, 0.2) is 54.0 Å². The van der Waals surface area contributed by atoms with Crippen LogP contribution < -0.4 is 10.6 Å². The number of aliphatic hydroxyl groups is 1. The molecule has 0 radical (unpaired) electrons. The van der Waals surface area contributed by atoms with Gasteiger partial charge in [0.25, 0.3) is 11.8 Å². The molecule has 204 valence electrons. The molecule has 2 amide bonds. The standard InChI is InChI=1S/C22H23N7OS.C5H9NO2/c1-14(2)12-29-19(11-17(28-29)20(30)23-3)27-22-24-10-9-16(26-22)18-13-31-21(25-18)15-7-5-4-6-8-15;1-6-3-2-4(7)5(6)8/h4-11,13-14H,12H2,1-3H3,(H,23,30)(H,24,26,27);4,7H,2-3H2,1H3. The number of hydrogen-bond donors (Lipinski definition) is 3. The lowest BCUT2D eigenvalue weighted by molar-refractivity contribution is -0.133. The van der Waals surface area contributed by atoms with E-state index in [4.69, 9.17) is 10.1 Å². The number of nitrogens with one attached hydrogen (secondary N) is 2. The Morgan fingerprint density at radius 1 is 1.18 bits per heavy atom. The SMILES string of the molecule is CN1CCC(O)C1=O.CNC(=O)c1cc(Nc2nccc(-c3csc(-c4ccccc4)n3)n2)n(CC(C)C)n1. The summed E-state index contributed by atoms with van der Waals surface area (Å²) in [6, 6.07) is 13.6. The van der Waals surface area contributed by atoms with Crippen LogP contribution in [0, 0.1) is 5.92 Å². The third-order valence-corrected chi connectivity index (χ3v) is 6.75. The second-order valence-corrected chi connectivity index (χ2v) is 10.3. The monoisotopic (exact) mass is 548 g/mol. The maximum atomic E-state index is 12.0. The highest BCUT2D eigenvalue weighted by Crippen LogP contribution is 2.28. The number of likely N-dealkylation sites (N-methyl/N-ethyl adjacent to an activating group) is 1. The minimum absolute atomic E-state index is 0.148. The molecule has 5 rings (SSSR count). The van der Waals surface area contributed by atoms with E-state index in [2.05, 4.69) is 39.5 Å². The molecule has 1 fully saturated rings. The van der Waals surface area contributed by atoms with Crippen LogP contribution >= 0.6 is 11.3 Å². The van der Waals surface area contributed by atoms with Crippen molar-refractivity contribution in [3.8, 4) is 22.0 Å². The number of carbonyl (C=O) groups excluding carboxylic acids is 2. The Balaban J connectivity index is 0.000000379. The van der Waals surface area contributed by atoms with Crippen LogP contribution in [-0.2, 0) is 11.3 Å². The normalized spacial score (nSPS) is 14.8. The van der Waals surface area contributed by atoms with Crippen molar-refractivity contribution in [1.29, 1.82) is 0 Å². The number of carbonyl (C=O) groups is 2. The topological polar surface area (TPSA) is 138 Å². The summed E-state index contributed by atoms with van der Waals surface area (Å²) in [5.74, 6) is 1.05. The Hall–Kier alpha value is -4.16. The number of amides is 2. The van der Waals surface area contributed by atoms with Gasteiger partial charge in [-0.2, -0.15) is 5.10 Å². The Kier molecular flexibility index (Phi) is 8.99. The van der Waals surface area contributed by atoms with Crippen LogP contribution in [0.4, 0.5) is 11.8 Å². The van der Waals surface area contributed by atoms with E-state index in [-0.39, 0.29) is 11.8 Å². The van der Waals surface area contributed by atoms with Gasteiger partial charge in [-0.1, -0.05) is 44.2 Å². The molecule has 0 bridgehead atoms. The van der Waals surface area contributed by atoms with Gasteiger partial charge in [-0.3, -0.25) is 9.59 Å². The van der Waals surface area contributed by atoms with Gasteiger partial charge < -0.3 is 20.6 Å². The van der Waals surface area contributed by atoms with Crippen molar-refractivity contribution in [2.75, 3.05) is 26.0 Å². The summed E-state index contributed by atoms with van der Waals surface area (Å²) in [5.41, 5.74) is 2.92. The molecule has 0 aliphatic carbocycles. The predicted octanol–water partition coefficient (Wildman–Crippen LogP) is 3.43. The Morgan fingerprint density at radius 2 is 1.95 bits per heavy atom. The van der Waals surface area contributed by atoms with Gasteiger partial charge >= 0.3 is 0 Å². The van der Waals surface area contributed by atoms with Crippen LogP contribution in [0.2, 0.25) is 0 Å². The molecule has 4 aromatic rings. The van der Waals surface area contributed by atoms with Crippen molar-refractivity contribution in [2.45, 2.75) is 32.9 Å². The van der Waals surface area contributed by atoms with Gasteiger partial charge in [0.15, 0.2) is 5.69 Å². The summed E-state index contributed by atoms with van der Waals surface area (Å²) >= 11 is 1.58. The third-order valence-electron chi connectivity index (χ3n) is 5.86. The first kappa shape index (κ1) is 27.9. The van der Waals surface area contributed by atoms with Gasteiger partial charge in [0.1, 0.15) is 22.6 Å². The lowest BCUT2D eigenvalue weighted by atomic mass is 10.2. The second-order valence-electron chi connectivity index (χ2n) is 9.43. The van der Waals surface area contributed by atoms with E-state index >= 15 is 0 Å². The number of aliphatic hydroxyl groups excluding tert-OH is 1.